The molecule has 0 aliphatic carbocycles. The van der Waals surface area contributed by atoms with Crippen LogP contribution in [0, 0.1) is 5.41 Å². The molecule has 0 bridgehead atoms. The summed E-state index contributed by atoms with van der Waals surface area (Å²) in [5.41, 5.74) is 10.9. The van der Waals surface area contributed by atoms with Gasteiger partial charge in [-0.3, -0.25) is 10.2 Å². The first-order valence-electron chi connectivity index (χ1n) is 12.2. The lowest BCUT2D eigenvalue weighted by Gasteiger charge is -2.17. The lowest BCUT2D eigenvalue weighted by atomic mass is 10.1. The Morgan fingerprint density at radius 1 is 0.919 bits per heavy atom. The van der Waals surface area contributed by atoms with Crippen molar-refractivity contribution in [3.8, 4) is 0 Å². The minimum absolute atomic E-state index is 0.0418. The van der Waals surface area contributed by atoms with E-state index in [4.69, 9.17) is 11.1 Å². The van der Waals surface area contributed by atoms with E-state index in [1.165, 1.54) is 5.56 Å². The molecule has 1 aromatic heterocycles. The first kappa shape index (κ1) is 25.4. The third-order valence-corrected chi connectivity index (χ3v) is 6.07. The Labute approximate surface area is 217 Å². The minimum Gasteiger partial charge on any atom is -0.384 e. The normalized spacial score (nSPS) is 10.6. The summed E-state index contributed by atoms with van der Waals surface area (Å²) in [7, 11) is 0. The van der Waals surface area contributed by atoms with Crippen molar-refractivity contribution in [1.29, 1.82) is 5.41 Å². The summed E-state index contributed by atoms with van der Waals surface area (Å²) in [4.78, 5) is 17.9. The van der Waals surface area contributed by atoms with Gasteiger partial charge >= 0.3 is 0 Å². The highest BCUT2D eigenvalue weighted by molar-refractivity contribution is 5.94. The quantitative estimate of drug-likeness (QED) is 0.176. The number of nitrogen functional groups attached to an aromatic ring is 1. The number of allylic oxidation sites excluding steroid dienone is 1. The van der Waals surface area contributed by atoms with E-state index in [-0.39, 0.29) is 11.4 Å². The van der Waals surface area contributed by atoms with E-state index in [2.05, 4.69) is 34.3 Å². The van der Waals surface area contributed by atoms with E-state index in [9.17, 15) is 4.79 Å². The molecular formula is C30H32N6O. The van der Waals surface area contributed by atoms with E-state index < -0.39 is 0 Å². The Morgan fingerprint density at radius 2 is 1.57 bits per heavy atom. The Bertz CT molecular complexity index is 1400. The van der Waals surface area contributed by atoms with E-state index >= 15 is 0 Å². The van der Waals surface area contributed by atoms with Crippen LogP contribution in [0.25, 0.3) is 0 Å². The topological polar surface area (TPSA) is 109 Å². The highest BCUT2D eigenvalue weighted by Crippen LogP contribution is 2.11. The minimum atomic E-state index is -0.171. The van der Waals surface area contributed by atoms with Crippen LogP contribution in [0.4, 0.5) is 5.82 Å². The fraction of sp³-hybridized carbons (Fsp3) is 0.167. The highest BCUT2D eigenvalue weighted by atomic mass is 16.1. The molecule has 3 aromatic carbocycles. The first-order chi connectivity index (χ1) is 18.0. The van der Waals surface area contributed by atoms with Gasteiger partial charge in [-0.1, -0.05) is 91.5 Å². The first-order valence-corrected chi connectivity index (χ1v) is 12.2. The largest absolute Gasteiger partial charge is 0.384 e. The maximum atomic E-state index is 13.5. The zero-order chi connectivity index (χ0) is 26.0. The molecule has 0 fully saturated rings. The highest BCUT2D eigenvalue weighted by Gasteiger charge is 2.12. The zero-order valence-corrected chi connectivity index (χ0v) is 20.8. The molecule has 7 nitrogen and oxygen atoms in total. The lowest BCUT2D eigenvalue weighted by molar-refractivity contribution is 0.642. The standard InChI is InChI=1S/C30H32N6O/c1-22(34-19-25-12-14-26(15-13-25)28(31)32)21-36-27(18-24-10-6-3-7-11-24)20-35-29(30(36)37)33-17-16-23-8-4-2-5-9-23/h2-15,20,34H,1,16-19,21H2,(H3,31,32)(H,33,35). The van der Waals surface area contributed by atoms with Gasteiger partial charge < -0.3 is 20.9 Å². The molecule has 0 amide bonds. The molecule has 0 unspecified atom stereocenters. The van der Waals surface area contributed by atoms with Crippen molar-refractivity contribution in [2.45, 2.75) is 25.9 Å². The smallest absolute Gasteiger partial charge is 0.293 e. The summed E-state index contributed by atoms with van der Waals surface area (Å²) in [6.07, 6.45) is 3.16. The summed E-state index contributed by atoms with van der Waals surface area (Å²) in [5.74, 6) is 0.375. The predicted octanol–water partition coefficient (Wildman–Crippen LogP) is 4.08. The molecule has 0 radical (unpaired) electrons. The van der Waals surface area contributed by atoms with E-state index in [0.29, 0.717) is 43.1 Å². The number of anilines is 1. The van der Waals surface area contributed by atoms with Crippen LogP contribution in [0.1, 0.15) is 27.9 Å². The molecule has 0 spiro atoms. The maximum Gasteiger partial charge on any atom is 0.293 e. The van der Waals surface area contributed by atoms with Crippen molar-refractivity contribution < 1.29 is 0 Å². The molecular weight excluding hydrogens is 460 g/mol. The number of rotatable bonds is 12. The van der Waals surface area contributed by atoms with Crippen molar-refractivity contribution in [3.05, 3.63) is 142 Å². The van der Waals surface area contributed by atoms with Crippen LogP contribution >= 0.6 is 0 Å². The number of nitrogens with zero attached hydrogens (tertiary/aromatic N) is 2. The van der Waals surface area contributed by atoms with Gasteiger partial charge in [0.25, 0.3) is 5.56 Å². The van der Waals surface area contributed by atoms with Crippen LogP contribution in [0.5, 0.6) is 0 Å². The molecule has 0 saturated heterocycles. The Balaban J connectivity index is 1.48. The Hall–Kier alpha value is -4.65. The van der Waals surface area contributed by atoms with Gasteiger partial charge in [0, 0.05) is 42.7 Å². The van der Waals surface area contributed by atoms with Gasteiger partial charge in [0.1, 0.15) is 5.84 Å². The van der Waals surface area contributed by atoms with Crippen molar-refractivity contribution in [3.63, 3.8) is 0 Å². The van der Waals surface area contributed by atoms with Gasteiger partial charge in [0.2, 0.25) is 0 Å². The molecule has 0 aliphatic rings. The Morgan fingerprint density at radius 3 is 2.22 bits per heavy atom. The molecule has 0 saturated carbocycles. The molecule has 1 heterocycles. The van der Waals surface area contributed by atoms with Gasteiger partial charge in [0.15, 0.2) is 5.82 Å². The number of benzene rings is 3. The monoisotopic (exact) mass is 492 g/mol. The number of hydrogen-bond acceptors (Lipinski definition) is 5. The number of amidine groups is 1. The number of hydrogen-bond donors (Lipinski definition) is 4. The second-order valence-electron chi connectivity index (χ2n) is 8.88. The second kappa shape index (κ2) is 12.4. The summed E-state index contributed by atoms with van der Waals surface area (Å²) in [6.45, 7) is 5.65. The third-order valence-electron chi connectivity index (χ3n) is 6.07. The number of nitrogens with one attached hydrogen (secondary N) is 3. The van der Waals surface area contributed by atoms with Crippen LogP contribution < -0.4 is 21.9 Å². The van der Waals surface area contributed by atoms with Gasteiger partial charge in [-0.05, 0) is 23.1 Å². The fourth-order valence-corrected chi connectivity index (χ4v) is 4.01. The molecule has 37 heavy (non-hydrogen) atoms. The lowest BCUT2D eigenvalue weighted by Crippen LogP contribution is -2.31. The van der Waals surface area contributed by atoms with Crippen LogP contribution in [0.3, 0.4) is 0 Å². The average molecular weight is 493 g/mol. The van der Waals surface area contributed by atoms with Crippen LogP contribution in [0.2, 0.25) is 0 Å². The van der Waals surface area contributed by atoms with Crippen LogP contribution in [-0.4, -0.2) is 21.9 Å². The SMILES string of the molecule is C=C(Cn1c(Cc2ccccc2)cnc(NCCc2ccccc2)c1=O)NCc1ccc(C(=N)N)cc1. The van der Waals surface area contributed by atoms with Gasteiger partial charge in [-0.25, -0.2) is 4.98 Å². The van der Waals surface area contributed by atoms with Crippen molar-refractivity contribution in [1.82, 2.24) is 14.9 Å². The summed E-state index contributed by atoms with van der Waals surface area (Å²) >= 11 is 0. The van der Waals surface area contributed by atoms with Crippen molar-refractivity contribution in [2.75, 3.05) is 11.9 Å². The predicted molar refractivity (Wildman–Crippen MR) is 150 cm³/mol. The second-order valence-corrected chi connectivity index (χ2v) is 8.88. The van der Waals surface area contributed by atoms with E-state index in [0.717, 1.165) is 23.2 Å². The van der Waals surface area contributed by atoms with E-state index in [1.54, 1.807) is 10.8 Å². The number of nitrogens with two attached hydrogens (primary N) is 1. The molecule has 188 valence electrons. The third kappa shape index (κ3) is 7.18. The van der Waals surface area contributed by atoms with Gasteiger partial charge in [-0.15, -0.1) is 0 Å². The van der Waals surface area contributed by atoms with Gasteiger partial charge in [-0.2, -0.15) is 0 Å². The Kier molecular flexibility index (Phi) is 8.49. The zero-order valence-electron chi connectivity index (χ0n) is 20.8. The average Bonchev–Trinajstić information content (AvgIpc) is 2.92. The van der Waals surface area contributed by atoms with E-state index in [1.807, 2.05) is 72.8 Å². The number of aromatic nitrogens is 2. The fourth-order valence-electron chi connectivity index (χ4n) is 4.01. The molecule has 0 atom stereocenters. The molecule has 7 heteroatoms. The summed E-state index contributed by atoms with van der Waals surface area (Å²) in [6, 6.07) is 27.7. The summed E-state index contributed by atoms with van der Waals surface area (Å²) < 4.78 is 1.74. The van der Waals surface area contributed by atoms with Crippen molar-refractivity contribution >= 4 is 11.7 Å². The van der Waals surface area contributed by atoms with Crippen LogP contribution in [0.15, 0.2) is 108 Å². The van der Waals surface area contributed by atoms with Crippen molar-refractivity contribution in [2.24, 2.45) is 5.73 Å². The van der Waals surface area contributed by atoms with Crippen LogP contribution in [-0.2, 0) is 25.9 Å². The van der Waals surface area contributed by atoms with Gasteiger partial charge in [0.05, 0.1) is 6.54 Å². The molecule has 5 N–H and O–H groups in total. The molecule has 4 aromatic rings. The molecule has 0 aliphatic heterocycles. The molecule has 4 rings (SSSR count). The summed E-state index contributed by atoms with van der Waals surface area (Å²) in [5, 5.41) is 14.1. The maximum absolute atomic E-state index is 13.5.